The van der Waals surface area contributed by atoms with Gasteiger partial charge in [-0.15, -0.1) is 0 Å². The molecule has 5 rings (SSSR count). The molecule has 1 aromatic heterocycles. The number of carbonyl (C=O) groups excluding carboxylic acids is 1. The lowest BCUT2D eigenvalue weighted by molar-refractivity contribution is -0.692. The Hall–Kier alpha value is -3.38. The predicted octanol–water partition coefficient (Wildman–Crippen LogP) is 3.01. The van der Waals surface area contributed by atoms with Gasteiger partial charge >= 0.3 is 5.97 Å². The number of ether oxygens (including phenoxy) is 2. The van der Waals surface area contributed by atoms with Crippen LogP contribution in [0.5, 0.6) is 5.75 Å². The van der Waals surface area contributed by atoms with Crippen LogP contribution >= 0.6 is 0 Å². The molecule has 0 bridgehead atoms. The summed E-state index contributed by atoms with van der Waals surface area (Å²) in [4.78, 5) is 11.7. The van der Waals surface area contributed by atoms with Gasteiger partial charge in [-0.1, -0.05) is 24.3 Å². The van der Waals surface area contributed by atoms with Gasteiger partial charge in [-0.3, -0.25) is 0 Å². The van der Waals surface area contributed by atoms with Crippen molar-refractivity contribution in [3.8, 4) is 33.8 Å². The second-order valence-corrected chi connectivity index (χ2v) is 8.84. The molecule has 2 heterocycles. The fourth-order valence-corrected chi connectivity index (χ4v) is 4.84. The van der Waals surface area contributed by atoms with E-state index >= 15 is 0 Å². The van der Waals surface area contributed by atoms with E-state index in [1.165, 1.54) is 43.5 Å². The monoisotopic (exact) mass is 546 g/mol. The number of halogens is 1. The van der Waals surface area contributed by atoms with Crippen molar-refractivity contribution in [3.63, 3.8) is 0 Å². The highest BCUT2D eigenvalue weighted by Gasteiger charge is 2.27. The maximum Gasteiger partial charge on any atom is 0.337 e. The highest BCUT2D eigenvalue weighted by molar-refractivity contribution is 5.90. The molecule has 0 radical (unpaired) electrons. The van der Waals surface area contributed by atoms with Crippen LogP contribution in [0, 0.1) is 0 Å². The molecule has 0 amide bonds. The van der Waals surface area contributed by atoms with Gasteiger partial charge in [0, 0.05) is 12.0 Å². The Labute approximate surface area is 223 Å². The molecule has 0 atom stereocenters. The first-order valence-electron chi connectivity index (χ1n) is 12.3. The number of nitrogens with zero attached hydrogens (tertiary/aromatic N) is 2. The summed E-state index contributed by atoms with van der Waals surface area (Å²) in [7, 11) is 1.40. The number of aromatic nitrogens is 2. The third kappa shape index (κ3) is 5.24. The first kappa shape index (κ1) is 25.7. The molecular formula is C30H31BrN2O3. The minimum Gasteiger partial charge on any atom is -1.00 e. The minimum absolute atomic E-state index is 0. The summed E-state index contributed by atoms with van der Waals surface area (Å²) in [5, 5.41) is 0. The van der Waals surface area contributed by atoms with Crippen LogP contribution in [-0.2, 0) is 17.7 Å². The number of methoxy groups -OCH3 is 1. The number of carbonyl (C=O) groups is 1. The number of benzene rings is 3. The van der Waals surface area contributed by atoms with Crippen LogP contribution in [0.1, 0.15) is 42.4 Å². The molecule has 1 aliphatic rings. The normalized spacial score (nSPS) is 12.7. The van der Waals surface area contributed by atoms with Gasteiger partial charge in [0.25, 0.3) is 5.82 Å². The number of rotatable bonds is 6. The van der Waals surface area contributed by atoms with E-state index < -0.39 is 0 Å². The van der Waals surface area contributed by atoms with Crippen LogP contribution in [0.4, 0.5) is 0 Å². The summed E-state index contributed by atoms with van der Waals surface area (Å²) in [6.45, 7) is 3.71. The molecule has 0 unspecified atom stereocenters. The van der Waals surface area contributed by atoms with Crippen LogP contribution < -0.4 is 26.3 Å². The number of hydrogen-bond acceptors (Lipinski definition) is 3. The standard InChI is InChI=1S/C30H31N2O3.BrH/c1-3-35-27-18-16-26(17-19-27)32-21-28(31-20-6-4-5-7-29(31)32)24-12-8-22(9-13-24)23-10-14-25(15-11-23)30(33)34-2;/h8-19,21H,3-7,20H2,1-2H3;1H/q+1;/p-1. The van der Waals surface area contributed by atoms with Crippen molar-refractivity contribution in [1.29, 1.82) is 0 Å². The Kier molecular flexibility index (Phi) is 8.26. The number of imidazole rings is 1. The van der Waals surface area contributed by atoms with E-state index in [4.69, 9.17) is 9.47 Å². The zero-order valence-corrected chi connectivity index (χ0v) is 22.3. The van der Waals surface area contributed by atoms with Gasteiger partial charge in [-0.2, -0.15) is 4.57 Å². The zero-order chi connectivity index (χ0) is 24.2. The molecule has 3 aromatic carbocycles. The molecule has 6 heteroatoms. The zero-order valence-electron chi connectivity index (χ0n) is 20.7. The van der Waals surface area contributed by atoms with Crippen LogP contribution in [0.2, 0.25) is 0 Å². The molecule has 1 aliphatic heterocycles. The van der Waals surface area contributed by atoms with Crippen LogP contribution in [0.3, 0.4) is 0 Å². The fraction of sp³-hybridized carbons (Fsp3) is 0.267. The van der Waals surface area contributed by atoms with Gasteiger partial charge in [0.15, 0.2) is 5.69 Å². The Morgan fingerprint density at radius 1 is 0.861 bits per heavy atom. The molecule has 0 fully saturated rings. The highest BCUT2D eigenvalue weighted by Crippen LogP contribution is 2.27. The van der Waals surface area contributed by atoms with Gasteiger partial charge in [-0.25, -0.2) is 9.36 Å². The molecule has 0 N–H and O–H groups in total. The van der Waals surface area contributed by atoms with Crippen molar-refractivity contribution >= 4 is 5.97 Å². The van der Waals surface area contributed by atoms with E-state index in [1.807, 2.05) is 43.3 Å². The third-order valence-electron chi connectivity index (χ3n) is 6.66. The lowest BCUT2D eigenvalue weighted by atomic mass is 10.0. The molecule has 0 spiro atoms. The second-order valence-electron chi connectivity index (χ2n) is 8.84. The number of fused-ring (bicyclic) bond motifs is 1. The number of hydrogen-bond donors (Lipinski definition) is 0. The Bertz CT molecular complexity index is 1310. The average molecular weight is 547 g/mol. The number of esters is 1. The van der Waals surface area contributed by atoms with E-state index in [2.05, 4.69) is 51.7 Å². The molecule has 4 aromatic rings. The van der Waals surface area contributed by atoms with E-state index in [0.29, 0.717) is 12.2 Å². The van der Waals surface area contributed by atoms with Gasteiger partial charge in [0.2, 0.25) is 0 Å². The first-order chi connectivity index (χ1) is 17.2. The van der Waals surface area contributed by atoms with Crippen LogP contribution in [0.25, 0.3) is 28.1 Å². The molecule has 0 saturated carbocycles. The van der Waals surface area contributed by atoms with E-state index in [9.17, 15) is 4.79 Å². The van der Waals surface area contributed by atoms with Crippen molar-refractivity contribution in [1.82, 2.24) is 4.57 Å². The Morgan fingerprint density at radius 3 is 2.14 bits per heavy atom. The summed E-state index contributed by atoms with van der Waals surface area (Å²) in [6.07, 6.45) is 7.00. The maximum atomic E-state index is 11.7. The second kappa shape index (κ2) is 11.6. The third-order valence-corrected chi connectivity index (χ3v) is 6.66. The fourth-order valence-electron chi connectivity index (χ4n) is 4.84. The average Bonchev–Trinajstić information content (AvgIpc) is 3.09. The van der Waals surface area contributed by atoms with Crippen molar-refractivity contribution in [3.05, 3.63) is 90.4 Å². The molecule has 0 aliphatic carbocycles. The molecular weight excluding hydrogens is 516 g/mol. The van der Waals surface area contributed by atoms with E-state index in [1.54, 1.807) is 0 Å². The molecule has 36 heavy (non-hydrogen) atoms. The summed E-state index contributed by atoms with van der Waals surface area (Å²) in [5.41, 5.74) is 6.35. The van der Waals surface area contributed by atoms with E-state index in [-0.39, 0.29) is 23.0 Å². The lowest BCUT2D eigenvalue weighted by Crippen LogP contribution is -3.00. The molecule has 186 valence electrons. The summed E-state index contributed by atoms with van der Waals surface area (Å²) in [5.74, 6) is 1.93. The van der Waals surface area contributed by atoms with Gasteiger partial charge in [0.1, 0.15) is 17.6 Å². The van der Waals surface area contributed by atoms with Crippen molar-refractivity contribution in [2.24, 2.45) is 0 Å². The lowest BCUT2D eigenvalue weighted by Gasteiger charge is -2.06. The molecule has 0 saturated heterocycles. The highest BCUT2D eigenvalue weighted by atomic mass is 79.9. The van der Waals surface area contributed by atoms with Crippen molar-refractivity contribution < 1.29 is 35.8 Å². The van der Waals surface area contributed by atoms with Crippen LogP contribution in [0.15, 0.2) is 79.0 Å². The van der Waals surface area contributed by atoms with Crippen molar-refractivity contribution in [2.75, 3.05) is 13.7 Å². The van der Waals surface area contributed by atoms with Gasteiger partial charge in [-0.05, 0) is 85.8 Å². The largest absolute Gasteiger partial charge is 1.00 e. The Balaban J connectivity index is 0.00000304. The van der Waals surface area contributed by atoms with E-state index in [0.717, 1.165) is 35.5 Å². The van der Waals surface area contributed by atoms with Crippen LogP contribution in [-0.4, -0.2) is 24.3 Å². The van der Waals surface area contributed by atoms with Gasteiger partial charge in [0.05, 0.1) is 25.8 Å². The smallest absolute Gasteiger partial charge is 0.337 e. The maximum absolute atomic E-state index is 11.7. The quantitative estimate of drug-likeness (QED) is 0.276. The summed E-state index contributed by atoms with van der Waals surface area (Å²) < 4.78 is 15.3. The minimum atomic E-state index is -0.318. The summed E-state index contributed by atoms with van der Waals surface area (Å²) >= 11 is 0. The SMILES string of the molecule is CCOc1ccc(-n2cc(-c3ccc(-c4ccc(C(=O)OC)cc4)cc3)[n+]3c2CCCCC3)cc1.[Br-]. The van der Waals surface area contributed by atoms with Gasteiger partial charge < -0.3 is 26.5 Å². The molecule has 5 nitrogen and oxygen atoms in total. The summed E-state index contributed by atoms with van der Waals surface area (Å²) in [6, 6.07) is 24.6. The first-order valence-corrected chi connectivity index (χ1v) is 12.3. The Morgan fingerprint density at radius 2 is 1.50 bits per heavy atom. The van der Waals surface area contributed by atoms with Crippen molar-refractivity contribution in [2.45, 2.75) is 39.2 Å². The predicted molar refractivity (Wildman–Crippen MR) is 137 cm³/mol. The topological polar surface area (TPSA) is 44.3 Å².